The van der Waals surface area contributed by atoms with Crippen molar-refractivity contribution in [1.29, 1.82) is 0 Å². The van der Waals surface area contributed by atoms with Crippen LogP contribution in [0.3, 0.4) is 0 Å². The smallest absolute Gasteiger partial charge is 0.228 e. The van der Waals surface area contributed by atoms with Crippen LogP contribution in [0.15, 0.2) is 48.5 Å². The third kappa shape index (κ3) is 6.55. The summed E-state index contributed by atoms with van der Waals surface area (Å²) in [5.74, 6) is 1.55. The maximum atomic E-state index is 12.2. The average Bonchev–Trinajstić information content (AvgIpc) is 2.73. The molecule has 0 unspecified atom stereocenters. The molecular formula is C22H28N2O4. The molecule has 6 nitrogen and oxygen atoms in total. The second-order valence-electron chi connectivity index (χ2n) is 6.75. The quantitative estimate of drug-likeness (QED) is 0.674. The Morgan fingerprint density at radius 2 is 1.71 bits per heavy atom. The Balaban J connectivity index is 1.37. The van der Waals surface area contributed by atoms with Crippen molar-refractivity contribution in [3.63, 3.8) is 0 Å². The van der Waals surface area contributed by atoms with E-state index in [1.54, 1.807) is 7.11 Å². The zero-order valence-electron chi connectivity index (χ0n) is 16.4. The van der Waals surface area contributed by atoms with Crippen LogP contribution in [0.25, 0.3) is 0 Å². The normalized spacial score (nSPS) is 14.5. The number of nitrogens with zero attached hydrogens (tertiary/aromatic N) is 1. The second-order valence-corrected chi connectivity index (χ2v) is 6.75. The van der Waals surface area contributed by atoms with Gasteiger partial charge in [-0.3, -0.25) is 9.69 Å². The lowest BCUT2D eigenvalue weighted by molar-refractivity contribution is -0.115. The first kappa shape index (κ1) is 20.2. The van der Waals surface area contributed by atoms with Crippen LogP contribution in [0.2, 0.25) is 0 Å². The minimum atomic E-state index is -0.0515. The van der Waals surface area contributed by atoms with Gasteiger partial charge in [0.25, 0.3) is 0 Å². The van der Waals surface area contributed by atoms with E-state index >= 15 is 0 Å². The van der Waals surface area contributed by atoms with Crippen molar-refractivity contribution in [2.24, 2.45) is 0 Å². The van der Waals surface area contributed by atoms with Gasteiger partial charge >= 0.3 is 0 Å². The summed E-state index contributed by atoms with van der Waals surface area (Å²) in [6.07, 6.45) is 1.31. The van der Waals surface area contributed by atoms with Crippen LogP contribution in [0.1, 0.15) is 12.0 Å². The number of anilines is 1. The number of amides is 1. The van der Waals surface area contributed by atoms with E-state index in [-0.39, 0.29) is 5.91 Å². The maximum absolute atomic E-state index is 12.2. The molecule has 2 aromatic carbocycles. The molecule has 0 aromatic heterocycles. The van der Waals surface area contributed by atoms with Crippen LogP contribution in [0, 0.1) is 0 Å². The maximum Gasteiger partial charge on any atom is 0.228 e. The van der Waals surface area contributed by atoms with Crippen LogP contribution in [0.4, 0.5) is 5.69 Å². The summed E-state index contributed by atoms with van der Waals surface area (Å²) in [5, 5.41) is 2.91. The van der Waals surface area contributed by atoms with E-state index in [0.29, 0.717) is 13.0 Å². The first-order valence-corrected chi connectivity index (χ1v) is 9.69. The number of carbonyl (C=O) groups is 1. The molecule has 0 atom stereocenters. The summed E-state index contributed by atoms with van der Waals surface area (Å²) < 4.78 is 16.3. The minimum Gasteiger partial charge on any atom is -0.497 e. The Morgan fingerprint density at radius 3 is 2.39 bits per heavy atom. The van der Waals surface area contributed by atoms with Gasteiger partial charge in [0.05, 0.1) is 33.4 Å². The molecule has 150 valence electrons. The Morgan fingerprint density at radius 1 is 1.04 bits per heavy atom. The summed E-state index contributed by atoms with van der Waals surface area (Å²) >= 11 is 0. The average molecular weight is 384 g/mol. The predicted octanol–water partition coefficient (Wildman–Crippen LogP) is 2.98. The molecule has 0 spiro atoms. The molecule has 28 heavy (non-hydrogen) atoms. The highest BCUT2D eigenvalue weighted by molar-refractivity contribution is 5.92. The van der Waals surface area contributed by atoms with E-state index in [9.17, 15) is 4.79 Å². The standard InChI is InChI=1S/C22H28N2O4/c1-26-20-7-3-18(4-8-20)17-22(25)23-19-5-9-21(10-6-19)28-14-2-11-24-12-15-27-16-13-24/h3-10H,2,11-17H2,1H3,(H,23,25). The van der Waals surface area contributed by atoms with Crippen molar-refractivity contribution in [3.8, 4) is 11.5 Å². The van der Waals surface area contributed by atoms with Crippen molar-refractivity contribution in [2.75, 3.05) is 51.9 Å². The van der Waals surface area contributed by atoms with Crippen molar-refractivity contribution < 1.29 is 19.0 Å². The number of hydrogen-bond acceptors (Lipinski definition) is 5. The van der Waals surface area contributed by atoms with E-state index in [2.05, 4.69) is 10.2 Å². The number of rotatable bonds is 9. The van der Waals surface area contributed by atoms with E-state index in [1.807, 2.05) is 48.5 Å². The predicted molar refractivity (Wildman–Crippen MR) is 109 cm³/mol. The van der Waals surface area contributed by atoms with Gasteiger partial charge in [-0.05, 0) is 48.4 Å². The molecule has 1 heterocycles. The summed E-state index contributed by atoms with van der Waals surface area (Å²) in [4.78, 5) is 14.6. The van der Waals surface area contributed by atoms with Gasteiger partial charge in [0.2, 0.25) is 5.91 Å². The van der Waals surface area contributed by atoms with Gasteiger partial charge in [-0.15, -0.1) is 0 Å². The first-order chi connectivity index (χ1) is 13.7. The largest absolute Gasteiger partial charge is 0.497 e. The third-order valence-corrected chi connectivity index (χ3v) is 4.65. The monoisotopic (exact) mass is 384 g/mol. The molecule has 1 fully saturated rings. The zero-order valence-corrected chi connectivity index (χ0v) is 16.4. The van der Waals surface area contributed by atoms with Crippen molar-refractivity contribution in [1.82, 2.24) is 4.90 Å². The summed E-state index contributed by atoms with van der Waals surface area (Å²) in [5.41, 5.74) is 1.71. The van der Waals surface area contributed by atoms with Crippen LogP contribution in [-0.2, 0) is 16.0 Å². The lowest BCUT2D eigenvalue weighted by atomic mass is 10.1. The topological polar surface area (TPSA) is 60.0 Å². The molecule has 0 bridgehead atoms. The van der Waals surface area contributed by atoms with Gasteiger partial charge in [-0.2, -0.15) is 0 Å². The fraction of sp³-hybridized carbons (Fsp3) is 0.409. The van der Waals surface area contributed by atoms with Gasteiger partial charge in [0.1, 0.15) is 11.5 Å². The van der Waals surface area contributed by atoms with E-state index in [4.69, 9.17) is 14.2 Å². The molecule has 0 radical (unpaired) electrons. The van der Waals surface area contributed by atoms with Crippen molar-refractivity contribution in [2.45, 2.75) is 12.8 Å². The molecule has 6 heteroatoms. The number of nitrogens with one attached hydrogen (secondary N) is 1. The number of methoxy groups -OCH3 is 1. The highest BCUT2D eigenvalue weighted by Gasteiger charge is 2.09. The number of hydrogen-bond donors (Lipinski definition) is 1. The number of benzene rings is 2. The minimum absolute atomic E-state index is 0.0515. The molecular weight excluding hydrogens is 356 g/mol. The van der Waals surface area contributed by atoms with Crippen LogP contribution in [-0.4, -0.2) is 57.4 Å². The lowest BCUT2D eigenvalue weighted by Crippen LogP contribution is -2.37. The number of morpholine rings is 1. The van der Waals surface area contributed by atoms with Gasteiger partial charge in [0.15, 0.2) is 0 Å². The Hall–Kier alpha value is -2.57. The van der Waals surface area contributed by atoms with Gasteiger partial charge < -0.3 is 19.5 Å². The summed E-state index contributed by atoms with van der Waals surface area (Å²) in [7, 11) is 1.62. The molecule has 1 aliphatic rings. The van der Waals surface area contributed by atoms with Gasteiger partial charge in [0, 0.05) is 25.3 Å². The molecule has 1 aliphatic heterocycles. The highest BCUT2D eigenvalue weighted by atomic mass is 16.5. The van der Waals surface area contributed by atoms with Crippen LogP contribution in [0.5, 0.6) is 11.5 Å². The molecule has 2 aromatic rings. The van der Waals surface area contributed by atoms with E-state index in [1.165, 1.54) is 0 Å². The second kappa shape index (κ2) is 10.7. The summed E-state index contributed by atoms with van der Waals surface area (Å²) in [6, 6.07) is 15.0. The Labute approximate surface area is 166 Å². The fourth-order valence-electron chi connectivity index (χ4n) is 3.07. The zero-order chi connectivity index (χ0) is 19.6. The SMILES string of the molecule is COc1ccc(CC(=O)Nc2ccc(OCCCN3CCOCC3)cc2)cc1. The molecule has 3 rings (SSSR count). The van der Waals surface area contributed by atoms with Crippen LogP contribution < -0.4 is 14.8 Å². The van der Waals surface area contributed by atoms with Crippen LogP contribution >= 0.6 is 0 Å². The fourth-order valence-corrected chi connectivity index (χ4v) is 3.07. The lowest BCUT2D eigenvalue weighted by Gasteiger charge is -2.26. The molecule has 1 amide bonds. The first-order valence-electron chi connectivity index (χ1n) is 9.69. The number of ether oxygens (including phenoxy) is 3. The highest BCUT2D eigenvalue weighted by Crippen LogP contribution is 2.17. The molecule has 1 saturated heterocycles. The third-order valence-electron chi connectivity index (χ3n) is 4.65. The van der Waals surface area contributed by atoms with E-state index in [0.717, 1.165) is 62.0 Å². The number of carbonyl (C=O) groups excluding carboxylic acids is 1. The Kier molecular flexibility index (Phi) is 7.70. The molecule has 0 saturated carbocycles. The Bertz CT molecular complexity index is 725. The molecule has 1 N–H and O–H groups in total. The summed E-state index contributed by atoms with van der Waals surface area (Å²) in [6.45, 7) is 5.37. The van der Waals surface area contributed by atoms with E-state index < -0.39 is 0 Å². The van der Waals surface area contributed by atoms with Crippen molar-refractivity contribution in [3.05, 3.63) is 54.1 Å². The van der Waals surface area contributed by atoms with Gasteiger partial charge in [-0.25, -0.2) is 0 Å². The van der Waals surface area contributed by atoms with Crippen molar-refractivity contribution >= 4 is 11.6 Å². The molecule has 0 aliphatic carbocycles. The van der Waals surface area contributed by atoms with Gasteiger partial charge in [-0.1, -0.05) is 12.1 Å².